The van der Waals surface area contributed by atoms with Gasteiger partial charge < -0.3 is 9.32 Å². The summed E-state index contributed by atoms with van der Waals surface area (Å²) in [6.45, 7) is 10.9. The third-order valence-corrected chi connectivity index (χ3v) is 9.62. The van der Waals surface area contributed by atoms with E-state index in [-0.39, 0.29) is 5.41 Å². The standard InChI is InChI=1S/C44H35NO/c1-5-30(31-14-7-6-8-15-31)23-22-29(2)45(40-20-13-17-32-16-9-10-18-34(32)40)33-24-26-38-37(28-33)42-39(44(38,3)4)27-25-36-35-19-11-12-21-41(35)46-43(36)42/h5-28H,1H2,2-4H3/b29-22+,30-23+. The van der Waals surface area contributed by atoms with Crippen LogP contribution in [-0.4, -0.2) is 0 Å². The lowest BCUT2D eigenvalue weighted by atomic mass is 9.82. The van der Waals surface area contributed by atoms with Crippen LogP contribution < -0.4 is 4.90 Å². The molecule has 2 nitrogen and oxygen atoms in total. The molecular formula is C44H35NO. The SMILES string of the molecule is C=C/C(=C\C=C(/C)N(c1ccc2c(c1)-c1c(ccc3c1oc1ccccc13)C2(C)C)c1cccc2ccccc12)c1ccccc1. The minimum absolute atomic E-state index is 0.150. The normalized spacial score (nSPS) is 14.1. The Hall–Kier alpha value is -5.60. The summed E-state index contributed by atoms with van der Waals surface area (Å²) >= 11 is 0. The van der Waals surface area contributed by atoms with Crippen molar-refractivity contribution in [2.45, 2.75) is 26.2 Å². The van der Waals surface area contributed by atoms with Gasteiger partial charge in [-0.2, -0.15) is 0 Å². The van der Waals surface area contributed by atoms with Crippen molar-refractivity contribution >= 4 is 49.7 Å². The molecule has 0 aliphatic heterocycles. The third kappa shape index (κ3) is 4.33. The van der Waals surface area contributed by atoms with Crippen molar-refractivity contribution in [3.05, 3.63) is 175 Å². The zero-order valence-corrected chi connectivity index (χ0v) is 26.4. The maximum absolute atomic E-state index is 6.61. The Morgan fingerprint density at radius 1 is 0.696 bits per heavy atom. The Morgan fingerprint density at radius 3 is 2.24 bits per heavy atom. The van der Waals surface area contributed by atoms with E-state index >= 15 is 0 Å². The molecule has 0 unspecified atom stereocenters. The molecule has 1 aliphatic carbocycles. The second-order valence-electron chi connectivity index (χ2n) is 12.7. The van der Waals surface area contributed by atoms with Crippen LogP contribution in [0.25, 0.3) is 49.4 Å². The van der Waals surface area contributed by atoms with Gasteiger partial charge in [0.25, 0.3) is 0 Å². The van der Waals surface area contributed by atoms with Crippen molar-refractivity contribution in [1.82, 2.24) is 0 Å². The van der Waals surface area contributed by atoms with Crippen molar-refractivity contribution in [2.24, 2.45) is 0 Å². The van der Waals surface area contributed by atoms with Gasteiger partial charge >= 0.3 is 0 Å². The first-order chi connectivity index (χ1) is 22.5. The van der Waals surface area contributed by atoms with Crippen LogP contribution >= 0.6 is 0 Å². The molecule has 0 radical (unpaired) electrons. The monoisotopic (exact) mass is 593 g/mol. The Morgan fingerprint density at radius 2 is 1.41 bits per heavy atom. The van der Waals surface area contributed by atoms with Crippen LogP contribution in [0.1, 0.15) is 37.5 Å². The molecule has 46 heavy (non-hydrogen) atoms. The summed E-state index contributed by atoms with van der Waals surface area (Å²) in [6.07, 6.45) is 6.29. The molecule has 0 saturated carbocycles. The van der Waals surface area contributed by atoms with E-state index in [1.54, 1.807) is 0 Å². The molecule has 0 amide bonds. The Labute approximate surface area is 270 Å². The van der Waals surface area contributed by atoms with Gasteiger partial charge in [-0.1, -0.05) is 136 Å². The molecule has 0 saturated heterocycles. The number of para-hydroxylation sites is 1. The minimum Gasteiger partial charge on any atom is -0.455 e. The van der Waals surface area contributed by atoms with Crippen molar-refractivity contribution in [3.63, 3.8) is 0 Å². The summed E-state index contributed by atoms with van der Waals surface area (Å²) < 4.78 is 6.61. The molecule has 0 bridgehead atoms. The van der Waals surface area contributed by atoms with Crippen molar-refractivity contribution in [1.29, 1.82) is 0 Å². The van der Waals surface area contributed by atoms with Gasteiger partial charge in [-0.15, -0.1) is 0 Å². The van der Waals surface area contributed by atoms with Crippen molar-refractivity contribution in [3.8, 4) is 11.1 Å². The molecule has 2 heteroatoms. The van der Waals surface area contributed by atoms with Gasteiger partial charge in [0.15, 0.2) is 0 Å². The van der Waals surface area contributed by atoms with E-state index < -0.39 is 0 Å². The lowest BCUT2D eigenvalue weighted by Crippen LogP contribution is -2.17. The van der Waals surface area contributed by atoms with Crippen LogP contribution in [0.15, 0.2) is 162 Å². The molecule has 222 valence electrons. The van der Waals surface area contributed by atoms with Crippen LogP contribution in [0.3, 0.4) is 0 Å². The number of anilines is 2. The molecular weight excluding hydrogens is 558 g/mol. The van der Waals surface area contributed by atoms with Crippen molar-refractivity contribution < 1.29 is 4.42 Å². The molecule has 0 atom stereocenters. The summed E-state index contributed by atoms with van der Waals surface area (Å²) in [5, 5.41) is 4.73. The number of benzene rings is 6. The zero-order chi connectivity index (χ0) is 31.4. The van der Waals surface area contributed by atoms with E-state index in [9.17, 15) is 0 Å². The third-order valence-electron chi connectivity index (χ3n) is 9.62. The number of furan rings is 1. The van der Waals surface area contributed by atoms with Gasteiger partial charge in [-0.25, -0.2) is 0 Å². The highest BCUT2D eigenvalue weighted by Gasteiger charge is 2.38. The Bertz CT molecular complexity index is 2360. The van der Waals surface area contributed by atoms with Crippen LogP contribution in [0.5, 0.6) is 0 Å². The van der Waals surface area contributed by atoms with Crippen molar-refractivity contribution in [2.75, 3.05) is 4.90 Å². The zero-order valence-electron chi connectivity index (χ0n) is 26.4. The maximum Gasteiger partial charge on any atom is 0.143 e. The lowest BCUT2D eigenvalue weighted by Gasteiger charge is -2.28. The van der Waals surface area contributed by atoms with Gasteiger partial charge in [0.05, 0.1) is 5.69 Å². The molecule has 1 aliphatic rings. The summed E-state index contributed by atoms with van der Waals surface area (Å²) in [5.41, 5.74) is 12.4. The second-order valence-corrected chi connectivity index (χ2v) is 12.7. The number of allylic oxidation sites excluding steroid dienone is 5. The Balaban J connectivity index is 1.36. The second kappa shape index (κ2) is 10.8. The van der Waals surface area contributed by atoms with Gasteiger partial charge in [0.2, 0.25) is 0 Å². The number of fused-ring (bicyclic) bond motifs is 8. The predicted molar refractivity (Wildman–Crippen MR) is 196 cm³/mol. The average Bonchev–Trinajstić information content (AvgIpc) is 3.58. The highest BCUT2D eigenvalue weighted by Crippen LogP contribution is 2.54. The highest BCUT2D eigenvalue weighted by molar-refractivity contribution is 6.12. The Kier molecular flexibility index (Phi) is 6.54. The fourth-order valence-corrected chi connectivity index (χ4v) is 7.28. The minimum atomic E-state index is -0.150. The number of hydrogen-bond acceptors (Lipinski definition) is 2. The predicted octanol–water partition coefficient (Wildman–Crippen LogP) is 12.4. The first-order valence-electron chi connectivity index (χ1n) is 15.9. The van der Waals surface area contributed by atoms with E-state index in [2.05, 4.69) is 160 Å². The molecule has 6 aromatic carbocycles. The summed E-state index contributed by atoms with van der Waals surface area (Å²) in [7, 11) is 0. The number of nitrogens with zero attached hydrogens (tertiary/aromatic N) is 1. The quantitative estimate of drug-likeness (QED) is 0.178. The molecule has 8 rings (SSSR count). The van der Waals surface area contributed by atoms with Crippen LogP contribution in [0.4, 0.5) is 11.4 Å². The van der Waals surface area contributed by atoms with E-state index in [0.29, 0.717) is 0 Å². The molecule has 0 N–H and O–H groups in total. The average molecular weight is 594 g/mol. The molecule has 1 heterocycles. The lowest BCUT2D eigenvalue weighted by molar-refractivity contribution is 0.653. The van der Waals surface area contributed by atoms with E-state index in [1.807, 2.05) is 18.2 Å². The van der Waals surface area contributed by atoms with Crippen LogP contribution in [-0.2, 0) is 5.41 Å². The van der Waals surface area contributed by atoms with Gasteiger partial charge in [0, 0.05) is 38.5 Å². The fraction of sp³-hybridized carbons (Fsp3) is 0.0909. The van der Waals surface area contributed by atoms with Gasteiger partial charge in [-0.3, -0.25) is 0 Å². The molecule has 1 aromatic heterocycles. The largest absolute Gasteiger partial charge is 0.455 e. The molecule has 7 aromatic rings. The summed E-state index contributed by atoms with van der Waals surface area (Å²) in [4.78, 5) is 2.38. The van der Waals surface area contributed by atoms with Gasteiger partial charge in [-0.05, 0) is 70.5 Å². The number of rotatable bonds is 6. The summed E-state index contributed by atoms with van der Waals surface area (Å²) in [6, 6.07) is 45.4. The van der Waals surface area contributed by atoms with Crippen LogP contribution in [0.2, 0.25) is 0 Å². The molecule has 0 fully saturated rings. The first-order valence-corrected chi connectivity index (χ1v) is 15.9. The topological polar surface area (TPSA) is 16.4 Å². The summed E-state index contributed by atoms with van der Waals surface area (Å²) in [5.74, 6) is 0. The number of hydrogen-bond donors (Lipinski definition) is 0. The van der Waals surface area contributed by atoms with Crippen LogP contribution in [0, 0.1) is 0 Å². The highest BCUT2D eigenvalue weighted by atomic mass is 16.3. The van der Waals surface area contributed by atoms with E-state index in [4.69, 9.17) is 4.42 Å². The molecule has 0 spiro atoms. The first kappa shape index (κ1) is 27.9. The van der Waals surface area contributed by atoms with E-state index in [0.717, 1.165) is 50.1 Å². The smallest absolute Gasteiger partial charge is 0.143 e. The maximum atomic E-state index is 6.61. The van der Waals surface area contributed by atoms with E-state index in [1.165, 1.54) is 33.0 Å². The van der Waals surface area contributed by atoms with Gasteiger partial charge in [0.1, 0.15) is 11.2 Å². The fourth-order valence-electron chi connectivity index (χ4n) is 7.28.